The molecule has 6 nitrogen and oxygen atoms in total. The van der Waals surface area contributed by atoms with Gasteiger partial charge in [0.2, 0.25) is 20.0 Å². The molecule has 3 N–H and O–H groups in total. The van der Waals surface area contributed by atoms with Crippen LogP contribution in [0.1, 0.15) is 5.56 Å². The van der Waals surface area contributed by atoms with Crippen LogP contribution in [0.4, 0.5) is 4.39 Å². The maximum absolute atomic E-state index is 13.2. The number of hydrogen-bond acceptors (Lipinski definition) is 4. The number of rotatable bonds is 6. The van der Waals surface area contributed by atoms with Crippen LogP contribution < -0.4 is 9.86 Å². The predicted octanol–water partition coefficient (Wildman–Crippen LogP) is 1.65. The van der Waals surface area contributed by atoms with Crippen LogP contribution in [0, 0.1) is 5.82 Å². The zero-order chi connectivity index (χ0) is 18.0. The summed E-state index contributed by atoms with van der Waals surface area (Å²) in [6.07, 6.45) is 0.303. The number of hydrogen-bond donors (Lipinski definition) is 2. The lowest BCUT2D eigenvalue weighted by atomic mass is 10.2. The molecule has 0 spiro atoms. The Morgan fingerprint density at radius 3 is 2.25 bits per heavy atom. The van der Waals surface area contributed by atoms with Crippen molar-refractivity contribution in [3.8, 4) is 0 Å². The second kappa shape index (κ2) is 7.16. The molecule has 0 aliphatic heterocycles. The van der Waals surface area contributed by atoms with E-state index in [0.29, 0.717) is 12.0 Å². The summed E-state index contributed by atoms with van der Waals surface area (Å²) in [6.45, 7) is 0.0316. The van der Waals surface area contributed by atoms with Crippen LogP contribution >= 0.6 is 11.6 Å². The lowest BCUT2D eigenvalue weighted by molar-refractivity contribution is 0.577. The zero-order valence-corrected chi connectivity index (χ0v) is 14.6. The summed E-state index contributed by atoms with van der Waals surface area (Å²) in [5.41, 5.74) is 0.704. The second-order valence-corrected chi connectivity index (χ2v) is 8.62. The third-order valence-corrected chi connectivity index (χ3v) is 6.01. The maximum Gasteiger partial charge on any atom is 0.242 e. The third kappa shape index (κ3) is 4.74. The average Bonchev–Trinajstić information content (AvgIpc) is 2.49. The Morgan fingerprint density at radius 2 is 1.67 bits per heavy atom. The number of benzene rings is 2. The molecule has 0 amide bonds. The molecule has 0 aromatic heterocycles. The lowest BCUT2D eigenvalue weighted by Gasteiger charge is -2.09. The van der Waals surface area contributed by atoms with E-state index < -0.39 is 25.9 Å². The van der Waals surface area contributed by atoms with Crippen molar-refractivity contribution in [2.75, 3.05) is 6.54 Å². The summed E-state index contributed by atoms with van der Waals surface area (Å²) >= 11 is 5.78. The molecule has 0 saturated carbocycles. The minimum Gasteiger partial charge on any atom is -0.225 e. The monoisotopic (exact) mass is 392 g/mol. The number of primary sulfonamides is 1. The van der Waals surface area contributed by atoms with E-state index >= 15 is 0 Å². The Balaban J connectivity index is 2.04. The highest BCUT2D eigenvalue weighted by atomic mass is 35.5. The van der Waals surface area contributed by atoms with Gasteiger partial charge >= 0.3 is 0 Å². The topological polar surface area (TPSA) is 106 Å². The molecular weight excluding hydrogens is 379 g/mol. The van der Waals surface area contributed by atoms with Crippen molar-refractivity contribution in [1.82, 2.24) is 4.72 Å². The van der Waals surface area contributed by atoms with Gasteiger partial charge in [-0.2, -0.15) is 0 Å². The molecule has 0 unspecified atom stereocenters. The van der Waals surface area contributed by atoms with Crippen molar-refractivity contribution in [2.24, 2.45) is 5.14 Å². The Labute approximate surface area is 144 Å². The smallest absolute Gasteiger partial charge is 0.225 e. The first-order valence-corrected chi connectivity index (χ1v) is 10.1. The molecule has 0 saturated heterocycles. The van der Waals surface area contributed by atoms with E-state index in [0.717, 1.165) is 18.2 Å². The van der Waals surface area contributed by atoms with Crippen LogP contribution in [0.5, 0.6) is 0 Å². The molecule has 0 heterocycles. The van der Waals surface area contributed by atoms with Gasteiger partial charge in [-0.25, -0.2) is 31.1 Å². The molecule has 10 heteroatoms. The van der Waals surface area contributed by atoms with Gasteiger partial charge in [0, 0.05) is 6.54 Å². The molecular formula is C14H14ClFN2O4S2. The SMILES string of the molecule is NS(=O)(=O)c1ccc(CCNS(=O)(=O)c2cc(F)ccc2Cl)cc1. The molecule has 2 rings (SSSR count). The fourth-order valence-electron chi connectivity index (χ4n) is 1.94. The highest BCUT2D eigenvalue weighted by Crippen LogP contribution is 2.21. The number of sulfonamides is 2. The van der Waals surface area contributed by atoms with Crippen molar-refractivity contribution in [3.05, 3.63) is 58.9 Å². The Kier molecular flexibility index (Phi) is 5.61. The lowest BCUT2D eigenvalue weighted by Crippen LogP contribution is -2.26. The molecule has 0 aliphatic rings. The predicted molar refractivity (Wildman–Crippen MR) is 88.1 cm³/mol. The molecule has 2 aromatic rings. The van der Waals surface area contributed by atoms with Gasteiger partial charge in [-0.05, 0) is 42.3 Å². The fraction of sp³-hybridized carbons (Fsp3) is 0.143. The summed E-state index contributed by atoms with van der Waals surface area (Å²) in [4.78, 5) is -0.368. The van der Waals surface area contributed by atoms with Crippen LogP contribution in [0.3, 0.4) is 0 Å². The van der Waals surface area contributed by atoms with Crippen molar-refractivity contribution < 1.29 is 21.2 Å². The highest BCUT2D eigenvalue weighted by Gasteiger charge is 2.18. The van der Waals surface area contributed by atoms with Gasteiger partial charge in [-0.15, -0.1) is 0 Å². The molecule has 2 aromatic carbocycles. The minimum atomic E-state index is -3.95. The molecule has 24 heavy (non-hydrogen) atoms. The Bertz CT molecular complexity index is 945. The Morgan fingerprint density at radius 1 is 1.04 bits per heavy atom. The largest absolute Gasteiger partial charge is 0.242 e. The van der Waals surface area contributed by atoms with E-state index in [4.69, 9.17) is 16.7 Å². The summed E-state index contributed by atoms with van der Waals surface area (Å²) in [7, 11) is -7.72. The Hall–Kier alpha value is -1.52. The zero-order valence-electron chi connectivity index (χ0n) is 12.2. The molecule has 0 atom stereocenters. The standard InChI is InChI=1S/C14H14ClFN2O4S2/c15-13-6-3-11(16)9-14(13)24(21,22)18-8-7-10-1-4-12(5-2-10)23(17,19)20/h1-6,9,18H,7-8H2,(H2,17,19,20). The van der Waals surface area contributed by atoms with Crippen LogP contribution in [0.15, 0.2) is 52.3 Å². The normalized spacial score (nSPS) is 12.3. The van der Waals surface area contributed by atoms with E-state index in [1.54, 1.807) is 0 Å². The van der Waals surface area contributed by atoms with E-state index in [1.807, 2.05) is 0 Å². The van der Waals surface area contributed by atoms with Crippen molar-refractivity contribution in [1.29, 1.82) is 0 Å². The van der Waals surface area contributed by atoms with E-state index in [2.05, 4.69) is 4.72 Å². The minimum absolute atomic E-state index is 0.0293. The molecule has 0 fully saturated rings. The molecule has 0 bridgehead atoms. The van der Waals surface area contributed by atoms with Gasteiger partial charge in [-0.3, -0.25) is 0 Å². The van der Waals surface area contributed by atoms with Crippen LogP contribution in [-0.2, 0) is 26.5 Å². The van der Waals surface area contributed by atoms with Crippen molar-refractivity contribution >= 4 is 31.6 Å². The van der Waals surface area contributed by atoms with Gasteiger partial charge < -0.3 is 0 Å². The van der Waals surface area contributed by atoms with Gasteiger partial charge in [0.05, 0.1) is 9.92 Å². The van der Waals surface area contributed by atoms with Crippen LogP contribution in [0.2, 0.25) is 5.02 Å². The van der Waals surface area contributed by atoms with Gasteiger partial charge in [-0.1, -0.05) is 23.7 Å². The summed E-state index contributed by atoms with van der Waals surface area (Å²) in [5.74, 6) is -0.710. The quantitative estimate of drug-likeness (QED) is 0.779. The van der Waals surface area contributed by atoms with Gasteiger partial charge in [0.15, 0.2) is 0 Å². The fourth-order valence-corrected chi connectivity index (χ4v) is 3.99. The van der Waals surface area contributed by atoms with Crippen molar-refractivity contribution in [3.63, 3.8) is 0 Å². The first kappa shape index (κ1) is 18.8. The number of nitrogens with one attached hydrogen (secondary N) is 1. The van der Waals surface area contributed by atoms with Crippen molar-refractivity contribution in [2.45, 2.75) is 16.2 Å². The third-order valence-electron chi connectivity index (χ3n) is 3.14. The molecule has 130 valence electrons. The summed E-state index contributed by atoms with van der Waals surface area (Å²) in [6, 6.07) is 8.80. The second-order valence-electron chi connectivity index (χ2n) is 4.91. The van der Waals surface area contributed by atoms with E-state index in [1.165, 1.54) is 24.3 Å². The van der Waals surface area contributed by atoms with E-state index in [-0.39, 0.29) is 21.4 Å². The maximum atomic E-state index is 13.2. The number of halogens is 2. The summed E-state index contributed by atoms with van der Waals surface area (Å²) < 4.78 is 62.0. The number of nitrogens with two attached hydrogens (primary N) is 1. The highest BCUT2D eigenvalue weighted by molar-refractivity contribution is 7.89. The summed E-state index contributed by atoms with van der Waals surface area (Å²) in [5, 5.41) is 4.91. The first-order chi connectivity index (χ1) is 11.1. The van der Waals surface area contributed by atoms with E-state index in [9.17, 15) is 21.2 Å². The van der Waals surface area contributed by atoms with Gasteiger partial charge in [0.1, 0.15) is 10.7 Å². The van der Waals surface area contributed by atoms with Crippen LogP contribution in [-0.4, -0.2) is 23.4 Å². The molecule has 0 radical (unpaired) electrons. The van der Waals surface area contributed by atoms with Crippen LogP contribution in [0.25, 0.3) is 0 Å². The van der Waals surface area contributed by atoms with Gasteiger partial charge in [0.25, 0.3) is 0 Å². The molecule has 0 aliphatic carbocycles. The first-order valence-electron chi connectivity index (χ1n) is 6.66. The average molecular weight is 393 g/mol.